The smallest absolute Gasteiger partial charge is 0.307 e. The van der Waals surface area contributed by atoms with Crippen molar-refractivity contribution in [3.8, 4) is 5.88 Å². The van der Waals surface area contributed by atoms with Crippen LogP contribution >= 0.6 is 0 Å². The predicted octanol–water partition coefficient (Wildman–Crippen LogP) is 3.34. The van der Waals surface area contributed by atoms with E-state index >= 15 is 0 Å². The number of esters is 1. The van der Waals surface area contributed by atoms with Gasteiger partial charge in [0.25, 0.3) is 0 Å². The fourth-order valence-corrected chi connectivity index (χ4v) is 8.09. The number of likely N-dealkylation sites (N-methyl/N-ethyl adjacent to an activating group) is 1. The van der Waals surface area contributed by atoms with Crippen molar-refractivity contribution < 1.29 is 41.9 Å². The van der Waals surface area contributed by atoms with Gasteiger partial charge in [-0.3, -0.25) is 28.7 Å². The van der Waals surface area contributed by atoms with Crippen LogP contribution in [0.25, 0.3) is 10.8 Å². The monoisotopic (exact) mass is 722 g/mol. The topological polar surface area (TPSA) is 169 Å². The van der Waals surface area contributed by atoms with E-state index in [0.717, 1.165) is 16.8 Å². The third kappa shape index (κ3) is 8.66. The van der Waals surface area contributed by atoms with Crippen LogP contribution in [-0.2, 0) is 38.7 Å². The van der Waals surface area contributed by atoms with E-state index < -0.39 is 79.7 Å². The standard InChI is InChI=1S/C37H46N4O9S/c1-7-25-19-37(25,35(46)39-51(47,48)27-13-14-27)20-30(42)29-18-26(49-33-28-12-10-9-11-23(28)15-16-38-33)22-41(29)34(45)24(21-40(6)31(43)8-2)17-32(44)50-36(3,4)5/h7-12,15-16,24-27,29H,1-2,13-14,17-22H2,3-6H3,(H,39,46)/t24-,25+,26+,29-,37+/m0/s1. The number of sulfonamides is 1. The summed E-state index contributed by atoms with van der Waals surface area (Å²) in [6.07, 6.45) is 4.02. The second-order valence-corrected chi connectivity index (χ2v) is 16.7. The quantitative estimate of drug-likeness (QED) is 0.164. The van der Waals surface area contributed by atoms with Gasteiger partial charge in [0, 0.05) is 38.0 Å². The van der Waals surface area contributed by atoms with Crippen molar-refractivity contribution in [2.75, 3.05) is 20.1 Å². The Hall–Kier alpha value is -4.59. The number of carbonyl (C=O) groups is 5. The van der Waals surface area contributed by atoms with Crippen molar-refractivity contribution in [3.05, 3.63) is 61.8 Å². The lowest BCUT2D eigenvalue weighted by Gasteiger charge is -2.31. The Morgan fingerprint density at radius 3 is 2.47 bits per heavy atom. The van der Waals surface area contributed by atoms with Crippen LogP contribution in [0.15, 0.2) is 61.8 Å². The zero-order valence-electron chi connectivity index (χ0n) is 29.5. The first-order valence-corrected chi connectivity index (χ1v) is 18.6. The maximum absolute atomic E-state index is 14.5. The van der Waals surface area contributed by atoms with Crippen molar-refractivity contribution in [1.29, 1.82) is 0 Å². The van der Waals surface area contributed by atoms with Gasteiger partial charge >= 0.3 is 5.97 Å². The predicted molar refractivity (Wildman–Crippen MR) is 189 cm³/mol. The molecule has 14 heteroatoms. The number of aromatic nitrogens is 1. The number of fused-ring (bicyclic) bond motifs is 1. The van der Waals surface area contributed by atoms with E-state index in [1.807, 2.05) is 30.3 Å². The molecule has 5 rings (SSSR count). The number of Topliss-reactive ketones (excluding diaryl/α,β-unsaturated/α-hetero) is 1. The number of ether oxygens (including phenoxy) is 2. The van der Waals surface area contributed by atoms with Crippen LogP contribution in [0.2, 0.25) is 0 Å². The maximum Gasteiger partial charge on any atom is 0.307 e. The zero-order chi connectivity index (χ0) is 37.3. The molecule has 2 saturated carbocycles. The highest BCUT2D eigenvalue weighted by Crippen LogP contribution is 2.57. The minimum Gasteiger partial charge on any atom is -0.472 e. The van der Waals surface area contributed by atoms with E-state index in [-0.39, 0.29) is 38.8 Å². The highest BCUT2D eigenvalue weighted by atomic mass is 32.2. The molecule has 0 radical (unpaired) electrons. The van der Waals surface area contributed by atoms with Crippen molar-refractivity contribution >= 4 is 50.3 Å². The lowest BCUT2D eigenvalue weighted by atomic mass is 9.91. The summed E-state index contributed by atoms with van der Waals surface area (Å²) in [5.41, 5.74) is -2.17. The number of hydrogen-bond acceptors (Lipinski definition) is 10. The molecule has 1 N–H and O–H groups in total. The largest absolute Gasteiger partial charge is 0.472 e. The number of nitrogens with one attached hydrogen (secondary N) is 1. The number of nitrogens with zero attached hydrogens (tertiary/aromatic N) is 3. The number of benzene rings is 1. The summed E-state index contributed by atoms with van der Waals surface area (Å²) in [7, 11) is -2.40. The Bertz CT molecular complexity index is 1850. The minimum atomic E-state index is -3.88. The van der Waals surface area contributed by atoms with Gasteiger partial charge in [-0.25, -0.2) is 13.4 Å². The van der Waals surface area contributed by atoms with Gasteiger partial charge in [-0.05, 0) is 69.5 Å². The highest BCUT2D eigenvalue weighted by molar-refractivity contribution is 7.90. The molecule has 3 fully saturated rings. The average molecular weight is 723 g/mol. The highest BCUT2D eigenvalue weighted by Gasteiger charge is 2.61. The Balaban J connectivity index is 1.45. The van der Waals surface area contributed by atoms with E-state index in [9.17, 15) is 32.4 Å². The molecule has 0 unspecified atom stereocenters. The first-order chi connectivity index (χ1) is 24.0. The molecule has 0 spiro atoms. The third-order valence-electron chi connectivity index (χ3n) is 9.62. The summed E-state index contributed by atoms with van der Waals surface area (Å²) >= 11 is 0. The molecule has 5 atom stereocenters. The molecular weight excluding hydrogens is 676 g/mol. The summed E-state index contributed by atoms with van der Waals surface area (Å²) in [6.45, 7) is 12.2. The fraction of sp³-hybridized carbons (Fsp3) is 0.514. The normalized spacial score (nSPS) is 23.5. The maximum atomic E-state index is 14.5. The van der Waals surface area contributed by atoms with Crippen LogP contribution in [-0.4, -0.2) is 95.8 Å². The lowest BCUT2D eigenvalue weighted by Crippen LogP contribution is -2.48. The molecule has 0 bridgehead atoms. The molecule has 2 aromatic rings. The van der Waals surface area contributed by atoms with Gasteiger partial charge in [0.1, 0.15) is 11.7 Å². The number of likely N-dealkylation sites (tertiary alicyclic amines) is 1. The molecule has 1 aliphatic heterocycles. The average Bonchev–Trinajstić information content (AvgIpc) is 3.99. The Kier molecular flexibility index (Phi) is 10.8. The molecule has 1 saturated heterocycles. The molecule has 274 valence electrons. The first-order valence-electron chi connectivity index (χ1n) is 17.1. The van der Waals surface area contributed by atoms with Crippen LogP contribution in [0.1, 0.15) is 59.3 Å². The van der Waals surface area contributed by atoms with Gasteiger partial charge in [-0.1, -0.05) is 30.9 Å². The minimum absolute atomic E-state index is 0.0485. The number of carbonyl (C=O) groups excluding carboxylic acids is 5. The molecule has 13 nitrogen and oxygen atoms in total. The molecule has 3 aliphatic rings. The van der Waals surface area contributed by atoms with E-state index in [1.165, 1.54) is 22.9 Å². The number of allylic oxidation sites excluding steroid dienone is 1. The summed E-state index contributed by atoms with van der Waals surface area (Å²) < 4.78 is 39.4. The summed E-state index contributed by atoms with van der Waals surface area (Å²) in [4.78, 5) is 74.8. The Morgan fingerprint density at radius 2 is 1.84 bits per heavy atom. The van der Waals surface area contributed by atoms with Gasteiger partial charge in [-0.2, -0.15) is 0 Å². The van der Waals surface area contributed by atoms with E-state index in [1.54, 1.807) is 27.0 Å². The number of rotatable bonds is 15. The second kappa shape index (κ2) is 14.6. The number of hydrogen-bond donors (Lipinski definition) is 1. The zero-order valence-corrected chi connectivity index (χ0v) is 30.3. The van der Waals surface area contributed by atoms with Gasteiger partial charge in [-0.15, -0.1) is 6.58 Å². The van der Waals surface area contributed by atoms with Crippen LogP contribution in [0.5, 0.6) is 5.88 Å². The van der Waals surface area contributed by atoms with Crippen LogP contribution in [0, 0.1) is 17.3 Å². The van der Waals surface area contributed by atoms with E-state index in [4.69, 9.17) is 9.47 Å². The van der Waals surface area contributed by atoms with Gasteiger partial charge in [0.2, 0.25) is 33.6 Å². The van der Waals surface area contributed by atoms with Crippen molar-refractivity contribution in [1.82, 2.24) is 19.5 Å². The van der Waals surface area contributed by atoms with Crippen molar-refractivity contribution in [2.24, 2.45) is 17.3 Å². The van der Waals surface area contributed by atoms with E-state index in [2.05, 4.69) is 22.9 Å². The molecule has 3 amide bonds. The third-order valence-corrected chi connectivity index (χ3v) is 11.4. The molecule has 51 heavy (non-hydrogen) atoms. The van der Waals surface area contributed by atoms with Gasteiger partial charge in [0.15, 0.2) is 5.78 Å². The summed E-state index contributed by atoms with van der Waals surface area (Å²) in [5, 5.41) is 0.984. The van der Waals surface area contributed by atoms with Crippen molar-refractivity contribution in [2.45, 2.75) is 82.3 Å². The fourth-order valence-electron chi connectivity index (χ4n) is 6.71. The number of ketones is 1. The molecule has 1 aromatic heterocycles. The lowest BCUT2D eigenvalue weighted by molar-refractivity contribution is -0.159. The Morgan fingerprint density at radius 1 is 1.14 bits per heavy atom. The molecule has 1 aromatic carbocycles. The van der Waals surface area contributed by atoms with Gasteiger partial charge < -0.3 is 19.3 Å². The van der Waals surface area contributed by atoms with E-state index in [0.29, 0.717) is 18.7 Å². The molecular formula is C37H46N4O9S. The van der Waals surface area contributed by atoms with Crippen LogP contribution in [0.4, 0.5) is 0 Å². The van der Waals surface area contributed by atoms with Crippen LogP contribution in [0.3, 0.4) is 0 Å². The molecule has 2 heterocycles. The first kappa shape index (κ1) is 37.7. The van der Waals surface area contributed by atoms with Gasteiger partial charge in [0.05, 0.1) is 35.6 Å². The van der Waals surface area contributed by atoms with Crippen molar-refractivity contribution in [3.63, 3.8) is 0 Å². The number of pyridine rings is 1. The SMILES string of the molecule is C=CC(=O)N(C)C[C@H](CC(=O)OC(C)(C)C)C(=O)N1C[C@H](Oc2nccc3ccccc23)C[C@H]1C(=O)C[C@]1(C(=O)NS(=O)(=O)C2CC2)C[C@H]1C=C. The van der Waals surface area contributed by atoms with Crippen LogP contribution < -0.4 is 9.46 Å². The number of amides is 3. The summed E-state index contributed by atoms with van der Waals surface area (Å²) in [5.74, 6) is -4.14. The Labute approximate surface area is 298 Å². The molecule has 2 aliphatic carbocycles. The second-order valence-electron chi connectivity index (χ2n) is 14.8. The summed E-state index contributed by atoms with van der Waals surface area (Å²) in [6, 6.07) is 8.22.